The summed E-state index contributed by atoms with van der Waals surface area (Å²) in [7, 11) is 1.72. The third kappa shape index (κ3) is 11.2. The molecule has 0 aromatic heterocycles. The molecule has 0 aliphatic rings. The highest BCUT2D eigenvalue weighted by Crippen LogP contribution is 2.36. The number of carbonyl (C=O) groups is 2. The minimum Gasteiger partial charge on any atom is -0.482 e. The van der Waals surface area contributed by atoms with E-state index in [0.29, 0.717) is 12.3 Å². The zero-order valence-electron chi connectivity index (χ0n) is 32.2. The fourth-order valence-corrected chi connectivity index (χ4v) is 6.13. The van der Waals surface area contributed by atoms with Gasteiger partial charge in [-0.1, -0.05) is 42.5 Å². The summed E-state index contributed by atoms with van der Waals surface area (Å²) in [6, 6.07) is 32.1. The Morgan fingerprint density at radius 2 is 1.14 bits per heavy atom. The summed E-state index contributed by atoms with van der Waals surface area (Å²) in [6.07, 6.45) is 0. The van der Waals surface area contributed by atoms with Gasteiger partial charge in [-0.05, 0) is 138 Å². The minimum atomic E-state index is -1.11. The van der Waals surface area contributed by atoms with Crippen molar-refractivity contribution in [3.05, 3.63) is 161 Å². The molecule has 0 fully saturated rings. The lowest BCUT2D eigenvalue weighted by Gasteiger charge is -2.25. The first-order chi connectivity index (χ1) is 27.2. The average molecular weight is 777 g/mol. The number of benzene rings is 6. The summed E-state index contributed by atoms with van der Waals surface area (Å²) >= 11 is 0. The maximum Gasteiger partial charge on any atom is 0.341 e. The molecule has 0 bridgehead atoms. The SMILES string of the molecule is Cc1cc(-c2cccc(F)c2)cc(CNc2cccc(OCC(=O)O)c2)c1C.Cc1cc(-c2cccc(F)c2)cc(N(C)c2cc(OCC(=O)O)ccc2F)c1C. The fourth-order valence-electron chi connectivity index (χ4n) is 6.13. The molecule has 0 amide bonds. The van der Waals surface area contributed by atoms with Crippen LogP contribution in [0.3, 0.4) is 0 Å². The predicted molar refractivity (Wildman–Crippen MR) is 217 cm³/mol. The van der Waals surface area contributed by atoms with E-state index in [9.17, 15) is 22.8 Å². The molecule has 0 aliphatic carbocycles. The molecule has 0 aliphatic heterocycles. The number of ether oxygens (including phenoxy) is 2. The summed E-state index contributed by atoms with van der Waals surface area (Å²) < 4.78 is 52.2. The van der Waals surface area contributed by atoms with Gasteiger partial charge in [-0.2, -0.15) is 0 Å². The normalized spacial score (nSPS) is 10.6. The van der Waals surface area contributed by atoms with Crippen LogP contribution in [0.2, 0.25) is 0 Å². The number of hydrogen-bond donors (Lipinski definition) is 3. The quantitative estimate of drug-likeness (QED) is 0.106. The van der Waals surface area contributed by atoms with Crippen LogP contribution >= 0.6 is 0 Å². The number of carboxylic acid groups (broad SMARTS) is 2. The summed E-state index contributed by atoms with van der Waals surface area (Å²) in [6.45, 7) is 7.67. The molecular weight excluding hydrogens is 734 g/mol. The largest absolute Gasteiger partial charge is 0.482 e. The standard InChI is InChI=1S/C23H21F2NO3.C23H22FNO3/c1-14-9-17(16-5-4-6-18(24)10-16)11-21(15(14)2)26(3)22-12-19(7-8-20(22)25)29-13-23(27)28;1-15-9-18(17-5-3-6-20(24)11-17)10-19(16(15)2)13-25-21-7-4-8-22(12-21)28-14-23(26)27/h4-12H,13H2,1-3H3,(H,27,28);3-12,25H,13-14H2,1-2H3,(H,26,27). The topological polar surface area (TPSA) is 108 Å². The van der Waals surface area contributed by atoms with Gasteiger partial charge in [-0.25, -0.2) is 22.8 Å². The van der Waals surface area contributed by atoms with Crippen molar-refractivity contribution in [3.8, 4) is 33.8 Å². The number of rotatable bonds is 13. The molecule has 0 spiro atoms. The van der Waals surface area contributed by atoms with Crippen LogP contribution in [0.15, 0.2) is 115 Å². The molecule has 0 saturated heterocycles. The van der Waals surface area contributed by atoms with E-state index in [1.54, 1.807) is 42.3 Å². The van der Waals surface area contributed by atoms with Gasteiger partial charge in [0.2, 0.25) is 0 Å². The number of anilines is 3. The van der Waals surface area contributed by atoms with Crippen molar-refractivity contribution in [2.24, 2.45) is 0 Å². The Morgan fingerprint density at radius 3 is 1.72 bits per heavy atom. The zero-order valence-corrected chi connectivity index (χ0v) is 32.2. The first kappa shape index (κ1) is 41.4. The molecule has 3 N–H and O–H groups in total. The second kappa shape index (κ2) is 18.7. The van der Waals surface area contributed by atoms with E-state index < -0.39 is 24.4 Å². The molecule has 6 rings (SSSR count). The zero-order chi connectivity index (χ0) is 41.2. The molecule has 294 valence electrons. The molecule has 11 heteroatoms. The van der Waals surface area contributed by atoms with Crippen LogP contribution in [0.4, 0.5) is 30.2 Å². The third-order valence-electron chi connectivity index (χ3n) is 9.41. The monoisotopic (exact) mass is 776 g/mol. The molecule has 6 aromatic carbocycles. The summed E-state index contributed by atoms with van der Waals surface area (Å²) in [4.78, 5) is 23.0. The van der Waals surface area contributed by atoms with Crippen molar-refractivity contribution in [2.75, 3.05) is 30.5 Å². The number of halogens is 3. The van der Waals surface area contributed by atoms with Crippen molar-refractivity contribution >= 4 is 29.0 Å². The van der Waals surface area contributed by atoms with Gasteiger partial charge in [0.15, 0.2) is 13.2 Å². The fraction of sp³-hybridized carbons (Fsp3) is 0.174. The highest BCUT2D eigenvalue weighted by atomic mass is 19.1. The molecule has 57 heavy (non-hydrogen) atoms. The molecule has 6 aromatic rings. The molecule has 0 saturated carbocycles. The number of nitrogens with one attached hydrogen (secondary N) is 1. The number of aliphatic carboxylic acids is 2. The van der Waals surface area contributed by atoms with Gasteiger partial charge in [0.25, 0.3) is 0 Å². The molecule has 0 unspecified atom stereocenters. The Labute approximate surface area is 329 Å². The van der Waals surface area contributed by atoms with E-state index in [4.69, 9.17) is 19.7 Å². The molecule has 8 nitrogen and oxygen atoms in total. The Kier molecular flexibility index (Phi) is 13.6. The minimum absolute atomic E-state index is 0.242. The summed E-state index contributed by atoms with van der Waals surface area (Å²) in [5.74, 6) is -2.43. The van der Waals surface area contributed by atoms with Gasteiger partial charge >= 0.3 is 11.9 Å². The molecule has 0 radical (unpaired) electrons. The van der Waals surface area contributed by atoms with E-state index in [0.717, 1.165) is 55.9 Å². The number of carboxylic acids is 2. The van der Waals surface area contributed by atoms with Gasteiger partial charge in [-0.15, -0.1) is 0 Å². The van der Waals surface area contributed by atoms with Gasteiger partial charge in [0.1, 0.15) is 29.0 Å². The lowest BCUT2D eigenvalue weighted by Crippen LogP contribution is -2.14. The Balaban J connectivity index is 0.000000218. The van der Waals surface area contributed by atoms with Gasteiger partial charge in [-0.3, -0.25) is 0 Å². The second-order valence-electron chi connectivity index (χ2n) is 13.5. The number of hydrogen-bond acceptors (Lipinski definition) is 6. The Morgan fingerprint density at radius 1 is 0.596 bits per heavy atom. The third-order valence-corrected chi connectivity index (χ3v) is 9.41. The molecular formula is C46H43F3N2O6. The van der Waals surface area contributed by atoms with Crippen LogP contribution in [0, 0.1) is 45.1 Å². The smallest absolute Gasteiger partial charge is 0.341 e. The van der Waals surface area contributed by atoms with Crippen LogP contribution in [0.1, 0.15) is 27.8 Å². The Hall–Kier alpha value is -6.75. The van der Waals surface area contributed by atoms with Crippen molar-refractivity contribution in [1.29, 1.82) is 0 Å². The van der Waals surface area contributed by atoms with E-state index in [1.165, 1.54) is 48.0 Å². The first-order valence-corrected chi connectivity index (χ1v) is 18.0. The van der Waals surface area contributed by atoms with Crippen molar-refractivity contribution in [3.63, 3.8) is 0 Å². The van der Waals surface area contributed by atoms with Crippen LogP contribution in [-0.2, 0) is 16.1 Å². The first-order valence-electron chi connectivity index (χ1n) is 18.0. The summed E-state index contributed by atoms with van der Waals surface area (Å²) in [5.41, 5.74) is 10.5. The Bertz CT molecular complexity index is 2400. The van der Waals surface area contributed by atoms with Gasteiger partial charge < -0.3 is 29.9 Å². The van der Waals surface area contributed by atoms with Crippen molar-refractivity contribution in [2.45, 2.75) is 34.2 Å². The van der Waals surface area contributed by atoms with Gasteiger partial charge in [0, 0.05) is 37.1 Å². The van der Waals surface area contributed by atoms with E-state index in [1.807, 2.05) is 51.1 Å². The van der Waals surface area contributed by atoms with E-state index in [2.05, 4.69) is 24.4 Å². The maximum atomic E-state index is 14.6. The second-order valence-corrected chi connectivity index (χ2v) is 13.5. The van der Waals surface area contributed by atoms with Crippen LogP contribution < -0.4 is 19.7 Å². The van der Waals surface area contributed by atoms with Crippen molar-refractivity contribution < 1.29 is 42.4 Å². The highest BCUT2D eigenvalue weighted by Gasteiger charge is 2.17. The lowest BCUT2D eigenvalue weighted by molar-refractivity contribution is -0.140. The maximum absolute atomic E-state index is 14.6. The predicted octanol–water partition coefficient (Wildman–Crippen LogP) is 10.7. The number of nitrogens with zero attached hydrogens (tertiary/aromatic N) is 1. The number of aryl methyl sites for hydroxylation is 2. The summed E-state index contributed by atoms with van der Waals surface area (Å²) in [5, 5.41) is 20.8. The van der Waals surface area contributed by atoms with Crippen LogP contribution in [0.25, 0.3) is 22.3 Å². The molecule has 0 atom stereocenters. The van der Waals surface area contributed by atoms with Gasteiger partial charge in [0.05, 0.1) is 5.69 Å². The van der Waals surface area contributed by atoms with Crippen LogP contribution in [0.5, 0.6) is 11.5 Å². The van der Waals surface area contributed by atoms with Crippen LogP contribution in [-0.4, -0.2) is 42.4 Å². The van der Waals surface area contributed by atoms with E-state index in [-0.39, 0.29) is 29.7 Å². The highest BCUT2D eigenvalue weighted by molar-refractivity contribution is 5.76. The molecule has 0 heterocycles. The van der Waals surface area contributed by atoms with Crippen molar-refractivity contribution in [1.82, 2.24) is 0 Å². The average Bonchev–Trinajstić information content (AvgIpc) is 3.18. The lowest BCUT2D eigenvalue weighted by atomic mass is 9.95. The van der Waals surface area contributed by atoms with E-state index >= 15 is 0 Å².